The van der Waals surface area contributed by atoms with Gasteiger partial charge in [-0.25, -0.2) is 0 Å². The van der Waals surface area contributed by atoms with Gasteiger partial charge in [-0.2, -0.15) is 0 Å². The van der Waals surface area contributed by atoms with Crippen LogP contribution >= 0.6 is 11.6 Å². The number of ketones is 3. The molecule has 3 aromatic rings. The van der Waals surface area contributed by atoms with Gasteiger partial charge in [-0.05, 0) is 29.3 Å². The first-order valence-corrected chi connectivity index (χ1v) is 12.6. The zero-order chi connectivity index (χ0) is 25.4. The summed E-state index contributed by atoms with van der Waals surface area (Å²) in [7, 11) is 0. The molecule has 4 nitrogen and oxygen atoms in total. The zero-order valence-electron chi connectivity index (χ0n) is 20.4. The summed E-state index contributed by atoms with van der Waals surface area (Å²) in [6.07, 6.45) is 3.85. The molecular weight excluding hydrogens is 470 g/mol. The Morgan fingerprint density at radius 2 is 1.50 bits per heavy atom. The number of hydrogen-bond acceptors (Lipinski definition) is 4. The van der Waals surface area contributed by atoms with Crippen molar-refractivity contribution in [3.63, 3.8) is 0 Å². The number of carbonyl (C=O) groups excluding carboxylic acids is 3. The molecule has 1 saturated heterocycles. The molecule has 1 fully saturated rings. The summed E-state index contributed by atoms with van der Waals surface area (Å²) >= 11 is 6.32. The van der Waals surface area contributed by atoms with E-state index in [1.165, 1.54) is 0 Å². The topological polar surface area (TPSA) is 54.5 Å². The Kier molecular flexibility index (Phi) is 4.94. The number of nitrogens with zero attached hydrogens (tertiary/aromatic N) is 1. The zero-order valence-corrected chi connectivity index (χ0v) is 21.1. The first-order valence-electron chi connectivity index (χ1n) is 12.2. The Balaban J connectivity index is 1.70. The Morgan fingerprint density at radius 1 is 0.889 bits per heavy atom. The van der Waals surface area contributed by atoms with Crippen LogP contribution in [-0.2, 0) is 4.79 Å². The summed E-state index contributed by atoms with van der Waals surface area (Å²) in [6, 6.07) is 20.8. The Bertz CT molecular complexity index is 1430. The Labute approximate surface area is 215 Å². The lowest BCUT2D eigenvalue weighted by Gasteiger charge is -2.38. The Hall–Kier alpha value is -3.50. The summed E-state index contributed by atoms with van der Waals surface area (Å²) < 4.78 is 0. The monoisotopic (exact) mass is 495 g/mol. The number of rotatable bonds is 2. The molecular formula is C31H26ClNO3. The van der Waals surface area contributed by atoms with Crippen molar-refractivity contribution < 1.29 is 14.4 Å². The molecule has 1 aliphatic carbocycles. The summed E-state index contributed by atoms with van der Waals surface area (Å²) in [4.78, 5) is 45.2. The summed E-state index contributed by atoms with van der Waals surface area (Å²) in [6.45, 7) is 5.69. The van der Waals surface area contributed by atoms with Crippen LogP contribution in [0.1, 0.15) is 58.5 Å². The third kappa shape index (κ3) is 2.91. The second-order valence-electron chi connectivity index (χ2n) is 10.9. The molecule has 0 unspecified atom stereocenters. The molecule has 36 heavy (non-hydrogen) atoms. The average Bonchev–Trinajstić information content (AvgIpc) is 3.29. The van der Waals surface area contributed by atoms with Crippen LogP contribution in [0.2, 0.25) is 5.02 Å². The molecule has 180 valence electrons. The van der Waals surface area contributed by atoms with E-state index in [0.29, 0.717) is 16.1 Å². The highest BCUT2D eigenvalue weighted by molar-refractivity contribution is 6.32. The molecule has 0 aromatic heterocycles. The van der Waals surface area contributed by atoms with E-state index in [1.54, 1.807) is 30.3 Å². The first kappa shape index (κ1) is 22.9. The fourth-order valence-electron chi connectivity index (χ4n) is 6.42. The van der Waals surface area contributed by atoms with Gasteiger partial charge < -0.3 is 4.90 Å². The van der Waals surface area contributed by atoms with E-state index in [4.69, 9.17) is 11.6 Å². The average molecular weight is 496 g/mol. The maximum atomic E-state index is 14.4. The maximum absolute atomic E-state index is 14.4. The van der Waals surface area contributed by atoms with Crippen LogP contribution in [0.25, 0.3) is 6.08 Å². The van der Waals surface area contributed by atoms with Crippen LogP contribution in [0.3, 0.4) is 0 Å². The van der Waals surface area contributed by atoms with Crippen LogP contribution in [0, 0.1) is 10.8 Å². The number of carbonyl (C=O) groups is 3. The third-order valence-electron chi connectivity index (χ3n) is 7.93. The summed E-state index contributed by atoms with van der Waals surface area (Å²) in [5, 5.41) is 0.587. The van der Waals surface area contributed by atoms with E-state index in [-0.39, 0.29) is 17.3 Å². The highest BCUT2D eigenvalue weighted by Crippen LogP contribution is 2.61. The standard InChI is InChI=1S/C31H26ClNO3/c1-30(2,3)29(36)26-25(18-9-5-4-6-10-18)31(27(34)21-11-7-8-12-22(21)28(31)35)24-16-13-19-17-20(32)14-15-23(19)33(24)26/h4-17,24-26H,1-3H3/t24-,25-,26-/m0/s1. The summed E-state index contributed by atoms with van der Waals surface area (Å²) in [5.74, 6) is -1.09. The van der Waals surface area contributed by atoms with Crippen molar-refractivity contribution in [1.82, 2.24) is 0 Å². The van der Waals surface area contributed by atoms with Crippen LogP contribution in [0.15, 0.2) is 78.9 Å². The van der Waals surface area contributed by atoms with Crippen molar-refractivity contribution in [2.75, 3.05) is 4.90 Å². The minimum Gasteiger partial charge on any atom is -0.352 e. The molecule has 2 aliphatic heterocycles. The molecule has 0 bridgehead atoms. The molecule has 0 N–H and O–H groups in total. The van der Waals surface area contributed by atoms with Gasteiger partial charge in [0.2, 0.25) is 0 Å². The molecule has 0 radical (unpaired) electrons. The van der Waals surface area contributed by atoms with Gasteiger partial charge in [0, 0.05) is 33.2 Å². The number of hydrogen-bond donors (Lipinski definition) is 0. The van der Waals surface area contributed by atoms with Gasteiger partial charge in [0.05, 0.1) is 12.1 Å². The molecule has 0 saturated carbocycles. The number of Topliss-reactive ketones (excluding diaryl/α,β-unsaturated/α-hetero) is 3. The van der Waals surface area contributed by atoms with Gasteiger partial charge >= 0.3 is 0 Å². The minimum absolute atomic E-state index is 0.00835. The smallest absolute Gasteiger partial charge is 0.180 e. The van der Waals surface area contributed by atoms with Crippen molar-refractivity contribution in [3.05, 3.63) is 106 Å². The van der Waals surface area contributed by atoms with Crippen molar-refractivity contribution >= 4 is 40.7 Å². The second-order valence-corrected chi connectivity index (χ2v) is 11.4. The number of benzene rings is 3. The summed E-state index contributed by atoms with van der Waals surface area (Å²) in [5.41, 5.74) is 1.20. The molecule has 0 amide bonds. The molecule has 5 heteroatoms. The van der Waals surface area contributed by atoms with Crippen LogP contribution in [-0.4, -0.2) is 29.4 Å². The van der Waals surface area contributed by atoms with Crippen molar-refractivity contribution in [1.29, 1.82) is 0 Å². The van der Waals surface area contributed by atoms with Crippen molar-refractivity contribution in [2.24, 2.45) is 10.8 Å². The van der Waals surface area contributed by atoms with Gasteiger partial charge in [-0.1, -0.05) is 99.1 Å². The molecule has 3 aromatic carbocycles. The molecule has 1 spiro atoms. The molecule has 3 aliphatic rings. The molecule has 3 atom stereocenters. The highest BCUT2D eigenvalue weighted by Gasteiger charge is 2.71. The van der Waals surface area contributed by atoms with E-state index in [2.05, 4.69) is 0 Å². The van der Waals surface area contributed by atoms with E-state index in [0.717, 1.165) is 16.8 Å². The van der Waals surface area contributed by atoms with Gasteiger partial charge in [0.1, 0.15) is 5.41 Å². The van der Waals surface area contributed by atoms with E-state index >= 15 is 0 Å². The lowest BCUT2D eigenvalue weighted by Crippen LogP contribution is -2.49. The lowest BCUT2D eigenvalue weighted by atomic mass is 9.63. The SMILES string of the molecule is CC(C)(C)C(=O)[C@@H]1[C@H](c2ccccc2)C2(C(=O)c3ccccc3C2=O)[C@@H]2C=Cc3cc(Cl)ccc3N12. The van der Waals surface area contributed by atoms with Crippen LogP contribution in [0.5, 0.6) is 0 Å². The highest BCUT2D eigenvalue weighted by atomic mass is 35.5. The third-order valence-corrected chi connectivity index (χ3v) is 8.17. The predicted molar refractivity (Wildman–Crippen MR) is 142 cm³/mol. The largest absolute Gasteiger partial charge is 0.352 e. The van der Waals surface area contributed by atoms with E-state index < -0.39 is 28.8 Å². The van der Waals surface area contributed by atoms with Gasteiger partial charge in [-0.3, -0.25) is 14.4 Å². The van der Waals surface area contributed by atoms with Gasteiger partial charge in [0.15, 0.2) is 17.3 Å². The molecule has 2 heterocycles. The van der Waals surface area contributed by atoms with Gasteiger partial charge in [-0.15, -0.1) is 0 Å². The number of fused-ring (bicyclic) bond motifs is 5. The normalized spacial score (nSPS) is 23.6. The van der Waals surface area contributed by atoms with E-state index in [9.17, 15) is 14.4 Å². The maximum Gasteiger partial charge on any atom is 0.180 e. The lowest BCUT2D eigenvalue weighted by molar-refractivity contribution is -0.127. The second kappa shape index (κ2) is 7.75. The van der Waals surface area contributed by atoms with Crippen LogP contribution < -0.4 is 4.90 Å². The predicted octanol–water partition coefficient (Wildman–Crippen LogP) is 6.39. The fraction of sp³-hybridized carbons (Fsp3) is 0.258. The first-order chi connectivity index (χ1) is 17.2. The fourth-order valence-corrected chi connectivity index (χ4v) is 6.61. The quantitative estimate of drug-likeness (QED) is 0.386. The minimum atomic E-state index is -1.45. The number of halogens is 1. The van der Waals surface area contributed by atoms with E-state index in [1.807, 2.05) is 80.3 Å². The number of anilines is 1. The van der Waals surface area contributed by atoms with Gasteiger partial charge in [0.25, 0.3) is 0 Å². The Morgan fingerprint density at radius 3 is 2.11 bits per heavy atom. The van der Waals surface area contributed by atoms with Crippen molar-refractivity contribution in [3.8, 4) is 0 Å². The molecule has 6 rings (SSSR count). The van der Waals surface area contributed by atoms with Crippen molar-refractivity contribution in [2.45, 2.75) is 38.8 Å². The van der Waals surface area contributed by atoms with Crippen LogP contribution in [0.4, 0.5) is 5.69 Å².